The summed E-state index contributed by atoms with van der Waals surface area (Å²) in [4.78, 5) is 21.7. The van der Waals surface area contributed by atoms with Crippen molar-refractivity contribution in [3.8, 4) is 11.5 Å². The maximum Gasteiger partial charge on any atom is 0.193 e. The van der Waals surface area contributed by atoms with Gasteiger partial charge in [0.05, 0.1) is 0 Å². The molecule has 0 fully saturated rings. The number of ketones is 1. The lowest BCUT2D eigenvalue weighted by Crippen LogP contribution is -1.96. The summed E-state index contributed by atoms with van der Waals surface area (Å²) >= 11 is 0. The molecule has 2 aromatic carbocycles. The van der Waals surface area contributed by atoms with Crippen LogP contribution in [0.25, 0.3) is 0 Å². The van der Waals surface area contributed by atoms with Crippen molar-refractivity contribution in [1.29, 1.82) is 0 Å². The lowest BCUT2D eigenvalue weighted by atomic mass is 10.1. The Balaban J connectivity index is 0.000000231. The van der Waals surface area contributed by atoms with Gasteiger partial charge in [-0.1, -0.05) is 54.6 Å². The van der Waals surface area contributed by atoms with Gasteiger partial charge >= 0.3 is 0 Å². The van der Waals surface area contributed by atoms with Crippen LogP contribution in [-0.2, 0) is 11.2 Å². The van der Waals surface area contributed by atoms with Crippen LogP contribution in [-0.4, -0.2) is 23.8 Å². The molecule has 0 aliphatic heterocycles. The fourth-order valence-electron chi connectivity index (χ4n) is 3.01. The van der Waals surface area contributed by atoms with Gasteiger partial charge in [0, 0.05) is 28.9 Å². The molecular formula is C24H22O4. The fourth-order valence-corrected chi connectivity index (χ4v) is 3.01. The number of allylic oxidation sites excluding steroid dienone is 6. The Hall–Kier alpha value is -3.24. The minimum atomic E-state index is 0.161. The van der Waals surface area contributed by atoms with Crippen molar-refractivity contribution in [3.05, 3.63) is 94.6 Å². The minimum Gasteiger partial charge on any atom is -0.457 e. The normalized spacial score (nSPS) is 13.6. The number of carbonyl (C=O) groups excluding carboxylic acids is 2. The highest BCUT2D eigenvalue weighted by molar-refractivity contribution is 6.17. The van der Waals surface area contributed by atoms with Crippen LogP contribution in [0.3, 0.4) is 0 Å². The zero-order chi connectivity index (χ0) is 19.9. The molecule has 0 atom stereocenters. The second-order valence-electron chi connectivity index (χ2n) is 6.53. The molecule has 2 aromatic rings. The molecule has 2 bridgehead atoms. The van der Waals surface area contributed by atoms with Crippen LogP contribution in [0.4, 0.5) is 0 Å². The predicted molar refractivity (Wildman–Crippen MR) is 109 cm³/mol. The smallest absolute Gasteiger partial charge is 0.193 e. The van der Waals surface area contributed by atoms with Crippen molar-refractivity contribution in [1.82, 2.24) is 0 Å². The van der Waals surface area contributed by atoms with Crippen LogP contribution in [0.5, 0.6) is 11.5 Å². The molecule has 2 aliphatic rings. The predicted octanol–water partition coefficient (Wildman–Crippen LogP) is 4.52. The summed E-state index contributed by atoms with van der Waals surface area (Å²) in [7, 11) is 0. The van der Waals surface area contributed by atoms with E-state index in [4.69, 9.17) is 9.84 Å². The molecule has 0 aromatic heterocycles. The molecular weight excluding hydrogens is 352 g/mol. The summed E-state index contributed by atoms with van der Waals surface area (Å²) in [6.45, 7) is 2.03. The van der Waals surface area contributed by atoms with E-state index in [-0.39, 0.29) is 12.4 Å². The summed E-state index contributed by atoms with van der Waals surface area (Å²) in [6.07, 6.45) is 9.68. The first kappa shape index (κ1) is 19.5. The van der Waals surface area contributed by atoms with Gasteiger partial charge in [-0.05, 0) is 37.5 Å². The zero-order valence-corrected chi connectivity index (χ0v) is 15.7. The van der Waals surface area contributed by atoms with Crippen LogP contribution in [0.1, 0.15) is 27.9 Å². The number of hydrogen-bond acceptors (Lipinski definition) is 4. The van der Waals surface area contributed by atoms with Crippen molar-refractivity contribution in [2.45, 2.75) is 19.8 Å². The third-order valence-electron chi connectivity index (χ3n) is 4.66. The molecule has 0 spiro atoms. The van der Waals surface area contributed by atoms with Gasteiger partial charge in [-0.15, -0.1) is 0 Å². The highest BCUT2D eigenvalue weighted by Gasteiger charge is 2.20. The zero-order valence-electron chi connectivity index (χ0n) is 15.7. The maximum atomic E-state index is 11.0. The van der Waals surface area contributed by atoms with Gasteiger partial charge in [-0.2, -0.15) is 0 Å². The molecule has 0 radical (unpaired) electrons. The topological polar surface area (TPSA) is 63.6 Å². The van der Waals surface area contributed by atoms with Crippen molar-refractivity contribution >= 4 is 12.1 Å². The summed E-state index contributed by atoms with van der Waals surface area (Å²) in [5.74, 6) is 1.64. The second kappa shape index (κ2) is 9.11. The highest BCUT2D eigenvalue weighted by Crippen LogP contribution is 2.29. The van der Waals surface area contributed by atoms with E-state index in [0.717, 1.165) is 40.7 Å². The standard InChI is InChI=1S/C17H18O3.C7H4O/c1-13-15(12-19)7-4-10-16(13)20-17-9-3-2-6-14(17)8-5-11-18;8-7-5-1-2-6(7)4-3-5/h2-4,6-7,9-10,12,18H,5,8,11H2,1H3;1-4H. The molecule has 2 aliphatic carbocycles. The van der Waals surface area contributed by atoms with Gasteiger partial charge in [0.2, 0.25) is 0 Å². The molecule has 4 nitrogen and oxygen atoms in total. The Kier molecular flexibility index (Phi) is 6.35. The number of aliphatic hydroxyl groups is 1. The van der Waals surface area contributed by atoms with Gasteiger partial charge in [0.15, 0.2) is 5.78 Å². The van der Waals surface area contributed by atoms with E-state index in [1.807, 2.05) is 67.6 Å². The van der Waals surface area contributed by atoms with Gasteiger partial charge < -0.3 is 9.84 Å². The van der Waals surface area contributed by atoms with Crippen molar-refractivity contribution in [2.75, 3.05) is 6.61 Å². The number of aldehydes is 1. The largest absolute Gasteiger partial charge is 0.457 e. The Bertz CT molecular complexity index is 956. The number of aliphatic hydroxyl groups excluding tert-OH is 1. The number of para-hydroxylation sites is 1. The van der Waals surface area contributed by atoms with E-state index < -0.39 is 0 Å². The molecule has 0 unspecified atom stereocenters. The summed E-state index contributed by atoms with van der Waals surface area (Å²) in [5.41, 5.74) is 4.19. The summed E-state index contributed by atoms with van der Waals surface area (Å²) < 4.78 is 5.94. The van der Waals surface area contributed by atoms with Gasteiger partial charge in [-0.25, -0.2) is 0 Å². The number of hydrogen-bond donors (Lipinski definition) is 1. The molecule has 0 amide bonds. The van der Waals surface area contributed by atoms with Crippen LogP contribution in [0.15, 0.2) is 77.9 Å². The van der Waals surface area contributed by atoms with Gasteiger partial charge in [0.25, 0.3) is 0 Å². The SMILES string of the molecule is Cc1c(C=O)cccc1Oc1ccccc1CCCO.O=C1C2=CC=C1C=C2. The number of fused-ring (bicyclic) bond motifs is 2. The number of ether oxygens (including phenoxy) is 1. The van der Waals surface area contributed by atoms with E-state index in [1.165, 1.54) is 0 Å². The quantitative estimate of drug-likeness (QED) is 0.755. The number of Topliss-reactive ketones (excluding diaryl/α,β-unsaturated/α-hetero) is 1. The highest BCUT2D eigenvalue weighted by atomic mass is 16.5. The molecule has 0 heterocycles. The summed E-state index contributed by atoms with van der Waals surface area (Å²) in [5, 5.41) is 8.94. The average Bonchev–Trinajstić information content (AvgIpc) is 3.26. The first-order valence-corrected chi connectivity index (χ1v) is 9.20. The third kappa shape index (κ3) is 4.35. The van der Waals surface area contributed by atoms with Gasteiger partial charge in [-0.3, -0.25) is 9.59 Å². The van der Waals surface area contributed by atoms with Crippen LogP contribution >= 0.6 is 0 Å². The monoisotopic (exact) mass is 374 g/mol. The number of benzene rings is 2. The van der Waals surface area contributed by atoms with Gasteiger partial charge in [0.1, 0.15) is 17.8 Å². The molecule has 0 saturated heterocycles. The molecule has 142 valence electrons. The van der Waals surface area contributed by atoms with Crippen molar-refractivity contribution < 1.29 is 19.4 Å². The van der Waals surface area contributed by atoms with Crippen LogP contribution in [0.2, 0.25) is 0 Å². The van der Waals surface area contributed by atoms with Crippen LogP contribution < -0.4 is 4.74 Å². The average molecular weight is 374 g/mol. The Morgan fingerprint density at radius 2 is 1.64 bits per heavy atom. The Morgan fingerprint density at radius 3 is 2.21 bits per heavy atom. The van der Waals surface area contributed by atoms with E-state index in [9.17, 15) is 9.59 Å². The fraction of sp³-hybridized carbons (Fsp3) is 0.167. The molecule has 0 saturated carbocycles. The maximum absolute atomic E-state index is 11.0. The van der Waals surface area contributed by atoms with Crippen molar-refractivity contribution in [3.63, 3.8) is 0 Å². The molecule has 4 heteroatoms. The van der Waals surface area contributed by atoms with E-state index in [2.05, 4.69) is 0 Å². The lowest BCUT2D eigenvalue weighted by molar-refractivity contribution is -0.111. The van der Waals surface area contributed by atoms with E-state index >= 15 is 0 Å². The Morgan fingerprint density at radius 1 is 0.964 bits per heavy atom. The number of carbonyl (C=O) groups is 2. The van der Waals surface area contributed by atoms with Crippen LogP contribution in [0, 0.1) is 6.92 Å². The third-order valence-corrected chi connectivity index (χ3v) is 4.66. The molecule has 28 heavy (non-hydrogen) atoms. The Labute approximate surface area is 164 Å². The summed E-state index contributed by atoms with van der Waals surface area (Å²) in [6, 6.07) is 13.2. The minimum absolute atomic E-state index is 0.161. The number of aryl methyl sites for hydroxylation is 1. The lowest BCUT2D eigenvalue weighted by Gasteiger charge is -2.13. The second-order valence-corrected chi connectivity index (χ2v) is 6.53. The number of rotatable bonds is 6. The van der Waals surface area contributed by atoms with E-state index in [0.29, 0.717) is 17.7 Å². The first-order chi connectivity index (χ1) is 13.6. The molecule has 4 rings (SSSR count). The molecule has 1 N–H and O–H groups in total. The first-order valence-electron chi connectivity index (χ1n) is 9.20. The van der Waals surface area contributed by atoms with Crippen molar-refractivity contribution in [2.24, 2.45) is 0 Å². The van der Waals surface area contributed by atoms with E-state index in [1.54, 1.807) is 6.07 Å².